The van der Waals surface area contributed by atoms with Gasteiger partial charge in [0.2, 0.25) is 5.95 Å². The maximum Gasteiger partial charge on any atom is 0.276 e. The summed E-state index contributed by atoms with van der Waals surface area (Å²) in [6.07, 6.45) is -1.30. The highest BCUT2D eigenvalue weighted by Crippen LogP contribution is 2.07. The maximum absolute atomic E-state index is 12.3. The number of nitrogens with zero attached hydrogens (tertiary/aromatic N) is 5. The smallest absolute Gasteiger partial charge is 0.276 e. The number of hydrogen-bond acceptors (Lipinski definition) is 4. The number of anilines is 1. The Morgan fingerprint density at radius 3 is 2.84 bits per heavy atom. The molecular formula is C10H12F2N6O. The van der Waals surface area contributed by atoms with Gasteiger partial charge in [-0.15, -0.1) is 5.10 Å². The molecule has 7 nitrogen and oxygen atoms in total. The predicted octanol–water partition coefficient (Wildman–Crippen LogP) is 0.837. The van der Waals surface area contributed by atoms with Crippen LogP contribution in [-0.2, 0) is 13.6 Å². The zero-order valence-electron chi connectivity index (χ0n) is 10.3. The minimum atomic E-state index is -2.58. The molecule has 102 valence electrons. The zero-order valence-corrected chi connectivity index (χ0v) is 10.3. The van der Waals surface area contributed by atoms with Crippen molar-refractivity contribution >= 4 is 11.9 Å². The maximum atomic E-state index is 12.3. The van der Waals surface area contributed by atoms with E-state index in [-0.39, 0.29) is 11.6 Å². The van der Waals surface area contributed by atoms with E-state index in [2.05, 4.69) is 20.5 Å². The molecule has 0 fully saturated rings. The number of amides is 1. The topological polar surface area (TPSA) is 77.6 Å². The van der Waals surface area contributed by atoms with E-state index < -0.39 is 18.9 Å². The van der Waals surface area contributed by atoms with Crippen LogP contribution in [0.2, 0.25) is 0 Å². The van der Waals surface area contributed by atoms with Gasteiger partial charge in [0, 0.05) is 13.2 Å². The van der Waals surface area contributed by atoms with Crippen molar-refractivity contribution < 1.29 is 13.6 Å². The highest BCUT2D eigenvalue weighted by Gasteiger charge is 2.16. The van der Waals surface area contributed by atoms with Gasteiger partial charge in [-0.05, 0) is 13.0 Å². The average molecular weight is 270 g/mol. The van der Waals surface area contributed by atoms with Crippen molar-refractivity contribution in [2.24, 2.45) is 7.05 Å². The number of carbonyl (C=O) groups is 1. The van der Waals surface area contributed by atoms with Gasteiger partial charge in [-0.25, -0.2) is 8.78 Å². The van der Waals surface area contributed by atoms with Crippen LogP contribution in [0.5, 0.6) is 0 Å². The standard InChI is InChI=1S/C10H12F2N6O/c1-6-14-10(16-17(6)2)15-9(19)7-3-4-13-18(7)5-8(11)12/h3-4,8H,5H2,1-2H3,(H,15,16,19). The fourth-order valence-electron chi connectivity index (χ4n) is 1.48. The van der Waals surface area contributed by atoms with Crippen LogP contribution in [0.3, 0.4) is 0 Å². The number of nitrogens with one attached hydrogen (secondary N) is 1. The largest absolute Gasteiger partial charge is 0.288 e. The monoisotopic (exact) mass is 270 g/mol. The van der Waals surface area contributed by atoms with E-state index in [1.807, 2.05) is 0 Å². The Bertz CT molecular complexity index is 571. The molecule has 0 saturated carbocycles. The Labute approximate surface area is 107 Å². The van der Waals surface area contributed by atoms with Crippen LogP contribution in [-0.4, -0.2) is 36.9 Å². The number of hydrogen-bond donors (Lipinski definition) is 1. The summed E-state index contributed by atoms with van der Waals surface area (Å²) in [5.74, 6) is 0.162. The molecular weight excluding hydrogens is 258 g/mol. The molecule has 2 aromatic rings. The summed E-state index contributed by atoms with van der Waals surface area (Å²) in [7, 11) is 1.68. The summed E-state index contributed by atoms with van der Waals surface area (Å²) in [6, 6.07) is 1.35. The van der Waals surface area contributed by atoms with Gasteiger partial charge in [-0.1, -0.05) is 0 Å². The fourth-order valence-corrected chi connectivity index (χ4v) is 1.48. The van der Waals surface area contributed by atoms with Crippen LogP contribution in [0.25, 0.3) is 0 Å². The Morgan fingerprint density at radius 1 is 1.53 bits per heavy atom. The second-order valence-electron chi connectivity index (χ2n) is 3.85. The SMILES string of the molecule is Cc1nc(NC(=O)c2ccnn2CC(F)F)nn1C. The fraction of sp³-hybridized carbons (Fsp3) is 0.400. The first kappa shape index (κ1) is 13.1. The Balaban J connectivity index is 2.14. The number of alkyl halides is 2. The van der Waals surface area contributed by atoms with Crippen molar-refractivity contribution in [2.75, 3.05) is 5.32 Å². The zero-order chi connectivity index (χ0) is 14.0. The summed E-state index contributed by atoms with van der Waals surface area (Å²) in [4.78, 5) is 15.9. The van der Waals surface area contributed by atoms with Gasteiger partial charge < -0.3 is 0 Å². The third-order valence-electron chi connectivity index (χ3n) is 2.47. The molecule has 0 saturated heterocycles. The van der Waals surface area contributed by atoms with E-state index >= 15 is 0 Å². The molecule has 0 aromatic carbocycles. The highest BCUT2D eigenvalue weighted by atomic mass is 19.3. The normalized spacial score (nSPS) is 11.0. The molecule has 9 heteroatoms. The van der Waals surface area contributed by atoms with Crippen molar-refractivity contribution in [1.29, 1.82) is 0 Å². The van der Waals surface area contributed by atoms with Crippen molar-refractivity contribution in [3.05, 3.63) is 23.8 Å². The molecule has 2 rings (SSSR count). The highest BCUT2D eigenvalue weighted by molar-refractivity contribution is 6.01. The Morgan fingerprint density at radius 2 is 2.26 bits per heavy atom. The lowest BCUT2D eigenvalue weighted by Crippen LogP contribution is -2.20. The molecule has 2 heterocycles. The lowest BCUT2D eigenvalue weighted by molar-refractivity contribution is 0.0988. The van der Waals surface area contributed by atoms with Crippen molar-refractivity contribution in [3.63, 3.8) is 0 Å². The van der Waals surface area contributed by atoms with Gasteiger partial charge in [0.25, 0.3) is 12.3 Å². The summed E-state index contributed by atoms with van der Waals surface area (Å²) in [6.45, 7) is 1.09. The number of aromatic nitrogens is 5. The van der Waals surface area contributed by atoms with Crippen LogP contribution in [0, 0.1) is 6.92 Å². The molecule has 0 atom stereocenters. The van der Waals surface area contributed by atoms with E-state index in [4.69, 9.17) is 0 Å². The van der Waals surface area contributed by atoms with Crippen LogP contribution in [0.1, 0.15) is 16.3 Å². The third-order valence-corrected chi connectivity index (χ3v) is 2.47. The predicted molar refractivity (Wildman–Crippen MR) is 61.9 cm³/mol. The Kier molecular flexibility index (Phi) is 3.54. The van der Waals surface area contributed by atoms with Crippen molar-refractivity contribution in [1.82, 2.24) is 24.5 Å². The first-order valence-electron chi connectivity index (χ1n) is 5.46. The molecule has 1 amide bonds. The van der Waals surface area contributed by atoms with E-state index in [1.165, 1.54) is 16.9 Å². The van der Waals surface area contributed by atoms with Crippen molar-refractivity contribution in [3.8, 4) is 0 Å². The molecule has 1 N–H and O–H groups in total. The third kappa shape index (κ3) is 2.92. The quantitative estimate of drug-likeness (QED) is 0.893. The van der Waals surface area contributed by atoms with Crippen LogP contribution >= 0.6 is 0 Å². The second-order valence-corrected chi connectivity index (χ2v) is 3.85. The second kappa shape index (κ2) is 5.12. The molecule has 2 aromatic heterocycles. The van der Waals surface area contributed by atoms with Crippen molar-refractivity contribution in [2.45, 2.75) is 19.9 Å². The van der Waals surface area contributed by atoms with Gasteiger partial charge in [0.15, 0.2) is 0 Å². The number of aryl methyl sites for hydroxylation is 2. The van der Waals surface area contributed by atoms with Crippen LogP contribution in [0.15, 0.2) is 12.3 Å². The molecule has 0 bridgehead atoms. The van der Waals surface area contributed by atoms with Crippen LogP contribution in [0.4, 0.5) is 14.7 Å². The summed E-state index contributed by atoms with van der Waals surface area (Å²) < 4.78 is 27.0. The first-order valence-corrected chi connectivity index (χ1v) is 5.46. The lowest BCUT2D eigenvalue weighted by atomic mass is 10.4. The van der Waals surface area contributed by atoms with E-state index in [0.29, 0.717) is 5.82 Å². The van der Waals surface area contributed by atoms with E-state index in [1.54, 1.807) is 14.0 Å². The summed E-state index contributed by atoms with van der Waals surface area (Å²) in [5.41, 5.74) is 0.0328. The minimum Gasteiger partial charge on any atom is -0.288 e. The Hall–Kier alpha value is -2.32. The van der Waals surface area contributed by atoms with Gasteiger partial charge >= 0.3 is 0 Å². The number of carbonyl (C=O) groups excluding carboxylic acids is 1. The molecule has 0 aliphatic carbocycles. The van der Waals surface area contributed by atoms with E-state index in [0.717, 1.165) is 4.68 Å². The molecule has 0 spiro atoms. The molecule has 0 radical (unpaired) electrons. The summed E-state index contributed by atoms with van der Waals surface area (Å²) >= 11 is 0. The average Bonchev–Trinajstić information content (AvgIpc) is 2.86. The van der Waals surface area contributed by atoms with E-state index in [9.17, 15) is 13.6 Å². The van der Waals surface area contributed by atoms with Gasteiger partial charge in [0.1, 0.15) is 18.1 Å². The molecule has 0 aliphatic heterocycles. The molecule has 19 heavy (non-hydrogen) atoms. The van der Waals surface area contributed by atoms with Gasteiger partial charge in [-0.2, -0.15) is 10.1 Å². The molecule has 0 aliphatic rings. The number of halogens is 2. The van der Waals surface area contributed by atoms with Gasteiger partial charge in [0.05, 0.1) is 0 Å². The van der Waals surface area contributed by atoms with Gasteiger partial charge in [-0.3, -0.25) is 19.5 Å². The minimum absolute atomic E-state index is 0.0328. The number of rotatable bonds is 4. The molecule has 0 unspecified atom stereocenters. The summed E-state index contributed by atoms with van der Waals surface area (Å²) in [5, 5.41) is 10.0. The lowest BCUT2D eigenvalue weighted by Gasteiger charge is -2.05. The van der Waals surface area contributed by atoms with Crippen LogP contribution < -0.4 is 5.32 Å². The first-order chi connectivity index (χ1) is 8.97.